The summed E-state index contributed by atoms with van der Waals surface area (Å²) in [6.45, 7) is 10.8. The highest BCUT2D eigenvalue weighted by Crippen LogP contribution is 2.29. The Kier molecular flexibility index (Phi) is 3.48. The van der Waals surface area contributed by atoms with Crippen molar-refractivity contribution in [2.45, 2.75) is 40.0 Å². The lowest BCUT2D eigenvalue weighted by molar-refractivity contribution is 0.540. The molecule has 0 bridgehead atoms. The zero-order valence-corrected chi connectivity index (χ0v) is 14.4. The van der Waals surface area contributed by atoms with E-state index < -0.39 is 0 Å². The molecule has 22 heavy (non-hydrogen) atoms. The summed E-state index contributed by atoms with van der Waals surface area (Å²) in [6, 6.07) is 9.77. The Balaban J connectivity index is 2.28. The predicted octanol–water partition coefficient (Wildman–Crippen LogP) is 4.96. The quantitative estimate of drug-likeness (QED) is 0.635. The Hall–Kier alpha value is -1.87. The number of hydrogen-bond acceptors (Lipinski definition) is 2. The van der Waals surface area contributed by atoms with Gasteiger partial charge in [-0.15, -0.1) is 0 Å². The van der Waals surface area contributed by atoms with Crippen LogP contribution in [-0.4, -0.2) is 14.6 Å². The van der Waals surface area contributed by atoms with Gasteiger partial charge in [0.25, 0.3) is 0 Å². The van der Waals surface area contributed by atoms with Crippen molar-refractivity contribution in [1.82, 2.24) is 14.6 Å². The molecule has 0 atom stereocenters. The maximum Gasteiger partial charge on any atom is 0.156 e. The minimum Gasteiger partial charge on any atom is -0.234 e. The van der Waals surface area contributed by atoms with Gasteiger partial charge in [0.15, 0.2) is 5.65 Å². The van der Waals surface area contributed by atoms with E-state index in [0.717, 1.165) is 27.6 Å². The molecule has 0 amide bonds. The summed E-state index contributed by atoms with van der Waals surface area (Å²) < 4.78 is 1.98. The number of halogens is 1. The van der Waals surface area contributed by atoms with Crippen molar-refractivity contribution in [3.05, 3.63) is 52.3 Å². The Bertz CT molecular complexity index is 839. The first kappa shape index (κ1) is 15.0. The Morgan fingerprint density at radius 1 is 1.05 bits per heavy atom. The SMILES string of the molecule is Cc1nc2cc(-c3ccc(Cl)cc3)nn2c(C(C)(C)C)c1C. The molecule has 0 fully saturated rings. The van der Waals surface area contributed by atoms with Crippen LogP contribution in [0.4, 0.5) is 0 Å². The average molecular weight is 314 g/mol. The van der Waals surface area contributed by atoms with Crippen LogP contribution in [0.5, 0.6) is 0 Å². The molecule has 3 rings (SSSR count). The minimum atomic E-state index is -0.000675. The molecule has 0 unspecified atom stereocenters. The van der Waals surface area contributed by atoms with Crippen LogP contribution in [0.3, 0.4) is 0 Å². The Morgan fingerprint density at radius 2 is 1.68 bits per heavy atom. The van der Waals surface area contributed by atoms with Gasteiger partial charge in [0, 0.05) is 27.8 Å². The summed E-state index contributed by atoms with van der Waals surface area (Å²) in [4.78, 5) is 4.69. The zero-order valence-electron chi connectivity index (χ0n) is 13.6. The van der Waals surface area contributed by atoms with Crippen LogP contribution in [-0.2, 0) is 5.41 Å². The highest BCUT2D eigenvalue weighted by molar-refractivity contribution is 6.30. The van der Waals surface area contributed by atoms with Crippen molar-refractivity contribution in [3.63, 3.8) is 0 Å². The van der Waals surface area contributed by atoms with E-state index in [4.69, 9.17) is 16.7 Å². The van der Waals surface area contributed by atoms with Crippen molar-refractivity contribution < 1.29 is 0 Å². The molecule has 0 aliphatic rings. The van der Waals surface area contributed by atoms with Crippen LogP contribution in [0, 0.1) is 13.8 Å². The molecule has 0 saturated carbocycles. The molecule has 0 spiro atoms. The summed E-state index contributed by atoms with van der Waals surface area (Å²) in [5, 5.41) is 5.52. The van der Waals surface area contributed by atoms with Gasteiger partial charge in [-0.05, 0) is 31.5 Å². The fraction of sp³-hybridized carbons (Fsp3) is 0.333. The summed E-state index contributed by atoms with van der Waals surface area (Å²) in [5.74, 6) is 0. The molecule has 2 heterocycles. The van der Waals surface area contributed by atoms with Crippen LogP contribution >= 0.6 is 11.6 Å². The third-order valence-electron chi connectivity index (χ3n) is 3.93. The summed E-state index contributed by atoms with van der Waals surface area (Å²) in [7, 11) is 0. The molecule has 4 heteroatoms. The highest BCUT2D eigenvalue weighted by atomic mass is 35.5. The molecule has 3 nitrogen and oxygen atoms in total. The van der Waals surface area contributed by atoms with Gasteiger partial charge in [-0.25, -0.2) is 9.50 Å². The van der Waals surface area contributed by atoms with Crippen molar-refractivity contribution in [3.8, 4) is 11.3 Å². The molecule has 0 aliphatic carbocycles. The van der Waals surface area contributed by atoms with E-state index >= 15 is 0 Å². The summed E-state index contributed by atoms with van der Waals surface area (Å²) in [5.41, 5.74) is 6.31. The van der Waals surface area contributed by atoms with Gasteiger partial charge in [-0.3, -0.25) is 0 Å². The Labute approximate surface area is 136 Å². The molecule has 114 valence electrons. The second kappa shape index (κ2) is 5.10. The number of fused-ring (bicyclic) bond motifs is 1. The molecule has 1 aromatic carbocycles. The fourth-order valence-corrected chi connectivity index (χ4v) is 2.97. The van der Waals surface area contributed by atoms with E-state index in [2.05, 4.69) is 39.6 Å². The normalized spacial score (nSPS) is 12.1. The number of benzene rings is 1. The smallest absolute Gasteiger partial charge is 0.156 e. The van der Waals surface area contributed by atoms with Gasteiger partial charge in [-0.1, -0.05) is 44.5 Å². The maximum atomic E-state index is 5.97. The van der Waals surface area contributed by atoms with E-state index in [1.807, 2.05) is 34.8 Å². The lowest BCUT2D eigenvalue weighted by Gasteiger charge is -2.23. The van der Waals surface area contributed by atoms with E-state index in [0.29, 0.717) is 0 Å². The molecule has 0 radical (unpaired) electrons. The number of rotatable bonds is 1. The number of aryl methyl sites for hydroxylation is 1. The van der Waals surface area contributed by atoms with Crippen LogP contribution in [0.25, 0.3) is 16.9 Å². The summed E-state index contributed by atoms with van der Waals surface area (Å²) >= 11 is 5.97. The van der Waals surface area contributed by atoms with Crippen molar-refractivity contribution >= 4 is 17.2 Å². The largest absolute Gasteiger partial charge is 0.234 e. The Morgan fingerprint density at radius 3 is 2.27 bits per heavy atom. The first-order valence-electron chi connectivity index (χ1n) is 7.41. The minimum absolute atomic E-state index is 0.000675. The van der Waals surface area contributed by atoms with Crippen LogP contribution in [0.2, 0.25) is 5.02 Å². The standard InChI is InChI=1S/C18H20ClN3/c1-11-12(2)20-16-10-15(13-6-8-14(19)9-7-13)21-22(16)17(11)18(3,4)5/h6-10H,1-5H3. The van der Waals surface area contributed by atoms with Crippen LogP contribution < -0.4 is 0 Å². The van der Waals surface area contributed by atoms with Gasteiger partial charge in [0.2, 0.25) is 0 Å². The monoisotopic (exact) mass is 313 g/mol. The van der Waals surface area contributed by atoms with Gasteiger partial charge in [0.1, 0.15) is 0 Å². The average Bonchev–Trinajstić information content (AvgIpc) is 2.82. The highest BCUT2D eigenvalue weighted by Gasteiger charge is 2.23. The van der Waals surface area contributed by atoms with Crippen LogP contribution in [0.15, 0.2) is 30.3 Å². The van der Waals surface area contributed by atoms with Gasteiger partial charge in [0.05, 0.1) is 11.4 Å². The molecule has 0 N–H and O–H groups in total. The van der Waals surface area contributed by atoms with Gasteiger partial charge < -0.3 is 0 Å². The molecule has 0 saturated heterocycles. The van der Waals surface area contributed by atoms with Crippen LogP contribution in [0.1, 0.15) is 37.7 Å². The van der Waals surface area contributed by atoms with Gasteiger partial charge in [-0.2, -0.15) is 5.10 Å². The third kappa shape index (κ3) is 2.50. The second-order valence-electron chi connectivity index (χ2n) is 6.73. The molecule has 0 aliphatic heterocycles. The van der Waals surface area contributed by atoms with Crippen molar-refractivity contribution in [1.29, 1.82) is 0 Å². The molecular weight excluding hydrogens is 294 g/mol. The molecule has 2 aromatic heterocycles. The van der Waals surface area contributed by atoms with E-state index in [1.54, 1.807) is 0 Å². The van der Waals surface area contributed by atoms with E-state index in [9.17, 15) is 0 Å². The number of nitrogens with zero attached hydrogens (tertiary/aromatic N) is 3. The predicted molar refractivity (Wildman–Crippen MR) is 91.6 cm³/mol. The third-order valence-corrected chi connectivity index (χ3v) is 4.18. The van der Waals surface area contributed by atoms with E-state index in [1.165, 1.54) is 11.3 Å². The first-order valence-corrected chi connectivity index (χ1v) is 7.78. The zero-order chi connectivity index (χ0) is 16.1. The topological polar surface area (TPSA) is 30.2 Å². The first-order chi connectivity index (χ1) is 10.3. The maximum absolute atomic E-state index is 5.97. The lowest BCUT2D eigenvalue weighted by Crippen LogP contribution is -2.20. The summed E-state index contributed by atoms with van der Waals surface area (Å²) in [6.07, 6.45) is 0. The molecular formula is C18H20ClN3. The second-order valence-corrected chi connectivity index (χ2v) is 7.16. The van der Waals surface area contributed by atoms with E-state index in [-0.39, 0.29) is 5.41 Å². The molecule has 3 aromatic rings. The fourth-order valence-electron chi connectivity index (χ4n) is 2.84. The lowest BCUT2D eigenvalue weighted by atomic mass is 9.88. The van der Waals surface area contributed by atoms with Gasteiger partial charge >= 0.3 is 0 Å². The van der Waals surface area contributed by atoms with Crippen molar-refractivity contribution in [2.24, 2.45) is 0 Å². The number of aromatic nitrogens is 3. The number of hydrogen-bond donors (Lipinski definition) is 0. The van der Waals surface area contributed by atoms with Crippen molar-refractivity contribution in [2.75, 3.05) is 0 Å².